The highest BCUT2D eigenvalue weighted by Crippen LogP contribution is 2.24. The molecule has 17 heavy (non-hydrogen) atoms. The van der Waals surface area contributed by atoms with Crippen LogP contribution in [0.15, 0.2) is 0 Å². The predicted octanol–water partition coefficient (Wildman–Crippen LogP) is 2.18. The molecule has 3 unspecified atom stereocenters. The van der Waals surface area contributed by atoms with E-state index >= 15 is 0 Å². The minimum Gasteiger partial charge on any atom is -0.390 e. The second-order valence-corrected chi connectivity index (χ2v) is 5.58. The molecule has 2 saturated heterocycles. The summed E-state index contributed by atoms with van der Waals surface area (Å²) in [5.41, 5.74) is 0. The van der Waals surface area contributed by atoms with E-state index in [4.69, 9.17) is 4.74 Å². The fraction of sp³-hybridized carbons (Fsp3) is 1.00. The van der Waals surface area contributed by atoms with Crippen molar-refractivity contribution in [2.75, 3.05) is 19.7 Å². The Morgan fingerprint density at radius 3 is 3.06 bits per heavy atom. The quantitative estimate of drug-likeness (QED) is 0.724. The lowest BCUT2D eigenvalue weighted by atomic mass is 10.0. The Kier molecular flexibility index (Phi) is 5.26. The number of fused-ring (bicyclic) bond motifs is 1. The number of nitrogens with zero attached hydrogens (tertiary/aromatic N) is 1. The van der Waals surface area contributed by atoms with Crippen LogP contribution in [0.25, 0.3) is 0 Å². The van der Waals surface area contributed by atoms with Crippen molar-refractivity contribution in [1.82, 2.24) is 4.90 Å². The molecule has 0 bridgehead atoms. The Bertz CT molecular complexity index is 222. The van der Waals surface area contributed by atoms with Crippen molar-refractivity contribution in [1.29, 1.82) is 0 Å². The molecule has 3 atom stereocenters. The molecule has 0 aromatic rings. The van der Waals surface area contributed by atoms with E-state index in [1.807, 2.05) is 0 Å². The Hall–Kier alpha value is -0.120. The Morgan fingerprint density at radius 2 is 2.24 bits per heavy atom. The van der Waals surface area contributed by atoms with Crippen LogP contribution in [0, 0.1) is 0 Å². The van der Waals surface area contributed by atoms with Gasteiger partial charge in [-0.2, -0.15) is 0 Å². The number of hydrogen-bond donors (Lipinski definition) is 1. The van der Waals surface area contributed by atoms with Gasteiger partial charge in [0.1, 0.15) is 0 Å². The predicted molar refractivity (Wildman–Crippen MR) is 69.1 cm³/mol. The molecular formula is C14H27NO2. The van der Waals surface area contributed by atoms with Gasteiger partial charge in [-0.3, -0.25) is 4.90 Å². The van der Waals surface area contributed by atoms with Crippen LogP contribution in [0.5, 0.6) is 0 Å². The van der Waals surface area contributed by atoms with E-state index < -0.39 is 0 Å². The van der Waals surface area contributed by atoms with E-state index in [9.17, 15) is 5.11 Å². The van der Waals surface area contributed by atoms with Gasteiger partial charge in [0.05, 0.1) is 18.8 Å². The van der Waals surface area contributed by atoms with Crippen molar-refractivity contribution < 1.29 is 9.84 Å². The average molecular weight is 241 g/mol. The van der Waals surface area contributed by atoms with Crippen LogP contribution < -0.4 is 0 Å². The third kappa shape index (κ3) is 3.67. The molecule has 2 aliphatic rings. The van der Waals surface area contributed by atoms with Gasteiger partial charge in [-0.1, -0.05) is 32.6 Å². The third-order valence-electron chi connectivity index (χ3n) is 4.20. The van der Waals surface area contributed by atoms with E-state index in [1.165, 1.54) is 38.6 Å². The standard InChI is InChI=1S/C14H27NO2/c1-2-3-4-5-8-13(16)14-10-15-9-6-7-12(15)11-17-14/h12-14,16H,2-11H2,1H3. The van der Waals surface area contributed by atoms with Gasteiger partial charge in [-0.15, -0.1) is 0 Å². The maximum atomic E-state index is 10.1. The first-order chi connectivity index (χ1) is 8.31. The molecule has 0 amide bonds. The number of hydrogen-bond acceptors (Lipinski definition) is 3. The molecule has 2 fully saturated rings. The highest BCUT2D eigenvalue weighted by molar-refractivity contribution is 4.87. The molecule has 3 nitrogen and oxygen atoms in total. The van der Waals surface area contributed by atoms with Gasteiger partial charge < -0.3 is 9.84 Å². The summed E-state index contributed by atoms with van der Waals surface area (Å²) < 4.78 is 5.82. The summed E-state index contributed by atoms with van der Waals surface area (Å²) in [5, 5.41) is 10.1. The summed E-state index contributed by atoms with van der Waals surface area (Å²) in [6.07, 6.45) is 8.21. The first-order valence-electron chi connectivity index (χ1n) is 7.35. The fourth-order valence-electron chi connectivity index (χ4n) is 3.04. The minimum absolute atomic E-state index is 0.0611. The highest BCUT2D eigenvalue weighted by Gasteiger charge is 2.34. The number of morpholine rings is 1. The summed E-state index contributed by atoms with van der Waals surface area (Å²) in [6.45, 7) is 5.19. The van der Waals surface area contributed by atoms with Gasteiger partial charge in [0.25, 0.3) is 0 Å². The molecule has 3 heteroatoms. The van der Waals surface area contributed by atoms with Crippen LogP contribution in [0.3, 0.4) is 0 Å². The number of rotatable bonds is 6. The summed E-state index contributed by atoms with van der Waals surface area (Å²) in [4.78, 5) is 2.50. The first kappa shape index (κ1) is 13.3. The molecule has 2 aliphatic heterocycles. The fourth-order valence-corrected chi connectivity index (χ4v) is 3.04. The summed E-state index contributed by atoms with van der Waals surface area (Å²) in [6, 6.07) is 0.638. The van der Waals surface area contributed by atoms with Crippen LogP contribution in [0.1, 0.15) is 51.9 Å². The molecule has 0 saturated carbocycles. The third-order valence-corrected chi connectivity index (χ3v) is 4.20. The molecule has 0 spiro atoms. The lowest BCUT2D eigenvalue weighted by Crippen LogP contribution is -2.50. The van der Waals surface area contributed by atoms with E-state index in [2.05, 4.69) is 11.8 Å². The number of unbranched alkanes of at least 4 members (excludes halogenated alkanes) is 3. The zero-order chi connectivity index (χ0) is 12.1. The van der Waals surface area contributed by atoms with Gasteiger partial charge in [0.15, 0.2) is 0 Å². The minimum atomic E-state index is -0.256. The van der Waals surface area contributed by atoms with E-state index in [1.54, 1.807) is 0 Å². The molecular weight excluding hydrogens is 214 g/mol. The van der Waals surface area contributed by atoms with Crippen molar-refractivity contribution in [3.8, 4) is 0 Å². The molecule has 100 valence electrons. The van der Waals surface area contributed by atoms with E-state index in [0.717, 1.165) is 26.0 Å². The molecule has 0 aromatic heterocycles. The van der Waals surface area contributed by atoms with Gasteiger partial charge in [0.2, 0.25) is 0 Å². The summed E-state index contributed by atoms with van der Waals surface area (Å²) in [7, 11) is 0. The zero-order valence-electron chi connectivity index (χ0n) is 11.1. The normalized spacial score (nSPS) is 31.4. The maximum absolute atomic E-state index is 10.1. The van der Waals surface area contributed by atoms with Gasteiger partial charge in [-0.05, 0) is 25.8 Å². The second-order valence-electron chi connectivity index (χ2n) is 5.58. The second kappa shape index (κ2) is 6.72. The number of aliphatic hydroxyl groups is 1. The van der Waals surface area contributed by atoms with Gasteiger partial charge in [-0.25, -0.2) is 0 Å². The summed E-state index contributed by atoms with van der Waals surface area (Å²) >= 11 is 0. The van der Waals surface area contributed by atoms with Crippen LogP contribution >= 0.6 is 0 Å². The average Bonchev–Trinajstić information content (AvgIpc) is 2.81. The maximum Gasteiger partial charge on any atom is 0.0961 e. The van der Waals surface area contributed by atoms with Crippen LogP contribution in [-0.4, -0.2) is 48.0 Å². The van der Waals surface area contributed by atoms with Crippen molar-refractivity contribution >= 4 is 0 Å². The van der Waals surface area contributed by atoms with E-state index in [-0.39, 0.29) is 12.2 Å². The molecule has 2 rings (SSSR count). The van der Waals surface area contributed by atoms with Crippen LogP contribution in [-0.2, 0) is 4.74 Å². The van der Waals surface area contributed by atoms with E-state index in [0.29, 0.717) is 6.04 Å². The highest BCUT2D eigenvalue weighted by atomic mass is 16.5. The Balaban J connectivity index is 1.67. The van der Waals surface area contributed by atoms with Gasteiger partial charge in [0, 0.05) is 12.6 Å². The largest absolute Gasteiger partial charge is 0.390 e. The van der Waals surface area contributed by atoms with Crippen molar-refractivity contribution in [3.63, 3.8) is 0 Å². The van der Waals surface area contributed by atoms with Crippen molar-refractivity contribution in [2.24, 2.45) is 0 Å². The van der Waals surface area contributed by atoms with Crippen molar-refractivity contribution in [3.05, 3.63) is 0 Å². The van der Waals surface area contributed by atoms with Crippen LogP contribution in [0.2, 0.25) is 0 Å². The molecule has 2 heterocycles. The number of ether oxygens (including phenoxy) is 1. The zero-order valence-corrected chi connectivity index (χ0v) is 11.1. The molecule has 0 aliphatic carbocycles. The monoisotopic (exact) mass is 241 g/mol. The smallest absolute Gasteiger partial charge is 0.0961 e. The summed E-state index contributed by atoms with van der Waals surface area (Å²) in [5.74, 6) is 0. The molecule has 0 aromatic carbocycles. The Labute approximate surface area is 105 Å². The Morgan fingerprint density at radius 1 is 1.35 bits per heavy atom. The number of aliphatic hydroxyl groups excluding tert-OH is 1. The molecule has 1 N–H and O–H groups in total. The lowest BCUT2D eigenvalue weighted by molar-refractivity contribution is -0.104. The van der Waals surface area contributed by atoms with Crippen molar-refractivity contribution in [2.45, 2.75) is 70.1 Å². The SMILES string of the molecule is CCCCCCC(O)C1CN2CCCC2CO1. The lowest BCUT2D eigenvalue weighted by Gasteiger charge is -2.37. The van der Waals surface area contributed by atoms with Gasteiger partial charge >= 0.3 is 0 Å². The topological polar surface area (TPSA) is 32.7 Å². The first-order valence-corrected chi connectivity index (χ1v) is 7.35. The van der Waals surface area contributed by atoms with Crippen LogP contribution in [0.4, 0.5) is 0 Å². The molecule has 0 radical (unpaired) electrons.